The second-order valence-electron chi connectivity index (χ2n) is 6.61. The Morgan fingerprint density at radius 2 is 1.48 bits per heavy atom. The normalized spacial score (nSPS) is 11.2. The summed E-state index contributed by atoms with van der Waals surface area (Å²) >= 11 is 0. The quantitative estimate of drug-likeness (QED) is 0.554. The highest BCUT2D eigenvalue weighted by atomic mass is 32.2. The van der Waals surface area contributed by atoms with Crippen LogP contribution < -0.4 is 23.7 Å². The van der Waals surface area contributed by atoms with Gasteiger partial charge in [0.15, 0.2) is 17.3 Å². The van der Waals surface area contributed by atoms with Crippen LogP contribution >= 0.6 is 0 Å². The number of nitrogens with one attached hydrogen (secondary N) is 1. The smallest absolute Gasteiger partial charge is 0.265 e. The molecule has 1 heterocycles. The fourth-order valence-corrected chi connectivity index (χ4v) is 4.30. The lowest BCUT2D eigenvalue weighted by Gasteiger charge is -2.16. The van der Waals surface area contributed by atoms with E-state index < -0.39 is 10.0 Å². The van der Waals surface area contributed by atoms with E-state index in [1.54, 1.807) is 12.1 Å². The molecule has 9 nitrogen and oxygen atoms in total. The summed E-state index contributed by atoms with van der Waals surface area (Å²) in [6.45, 7) is 3.67. The van der Waals surface area contributed by atoms with Gasteiger partial charge in [-0.25, -0.2) is 8.42 Å². The molecule has 0 bridgehead atoms. The Morgan fingerprint density at radius 1 is 0.871 bits per heavy atom. The number of benzene rings is 2. The van der Waals surface area contributed by atoms with Crippen LogP contribution in [0.2, 0.25) is 0 Å². The number of anilines is 1. The fourth-order valence-electron chi connectivity index (χ4n) is 3.06. The number of methoxy groups -OCH3 is 4. The molecule has 0 amide bonds. The highest BCUT2D eigenvalue weighted by Crippen LogP contribution is 2.41. The predicted octanol–water partition coefficient (Wildman–Crippen LogP) is 3.79. The van der Waals surface area contributed by atoms with Crippen molar-refractivity contribution in [3.05, 3.63) is 41.6 Å². The second kappa shape index (κ2) is 8.76. The third-order valence-corrected chi connectivity index (χ3v) is 6.19. The maximum atomic E-state index is 13.3. The molecule has 0 aliphatic rings. The van der Waals surface area contributed by atoms with Crippen molar-refractivity contribution in [1.29, 1.82) is 0 Å². The van der Waals surface area contributed by atoms with Crippen molar-refractivity contribution in [2.24, 2.45) is 0 Å². The summed E-state index contributed by atoms with van der Waals surface area (Å²) in [4.78, 5) is -0.0605. The average molecular weight is 448 g/mol. The summed E-state index contributed by atoms with van der Waals surface area (Å²) in [5.74, 6) is 1.65. The van der Waals surface area contributed by atoms with Crippen LogP contribution in [0, 0.1) is 13.8 Å². The summed E-state index contributed by atoms with van der Waals surface area (Å²) in [7, 11) is 1.71. The van der Waals surface area contributed by atoms with Crippen molar-refractivity contribution >= 4 is 15.7 Å². The molecule has 3 aromatic rings. The number of aromatic nitrogens is 1. The predicted molar refractivity (Wildman–Crippen MR) is 115 cm³/mol. The molecule has 0 radical (unpaired) electrons. The lowest BCUT2D eigenvalue weighted by Crippen LogP contribution is -2.14. The van der Waals surface area contributed by atoms with Gasteiger partial charge in [-0.15, -0.1) is 0 Å². The minimum absolute atomic E-state index is 0.0605. The topological polar surface area (TPSA) is 109 Å². The first-order valence-electron chi connectivity index (χ1n) is 9.19. The first-order chi connectivity index (χ1) is 14.7. The Balaban J connectivity index is 2.08. The minimum atomic E-state index is -4.05. The largest absolute Gasteiger partial charge is 0.495 e. The summed E-state index contributed by atoms with van der Waals surface area (Å²) in [5.41, 5.74) is 2.34. The molecule has 0 aliphatic carbocycles. The van der Waals surface area contributed by atoms with E-state index in [4.69, 9.17) is 23.5 Å². The van der Waals surface area contributed by atoms with E-state index in [2.05, 4.69) is 9.88 Å². The van der Waals surface area contributed by atoms with Crippen LogP contribution in [0.4, 0.5) is 5.69 Å². The maximum Gasteiger partial charge on any atom is 0.265 e. The molecule has 2 aromatic carbocycles. The van der Waals surface area contributed by atoms with Gasteiger partial charge < -0.3 is 23.5 Å². The van der Waals surface area contributed by atoms with Crippen LogP contribution in [0.5, 0.6) is 23.0 Å². The number of rotatable bonds is 8. The van der Waals surface area contributed by atoms with Crippen LogP contribution in [-0.4, -0.2) is 42.0 Å². The van der Waals surface area contributed by atoms with Gasteiger partial charge in [0, 0.05) is 23.3 Å². The van der Waals surface area contributed by atoms with Crippen LogP contribution in [0.15, 0.2) is 39.8 Å². The van der Waals surface area contributed by atoms with Crippen molar-refractivity contribution in [2.45, 2.75) is 18.7 Å². The Labute approximate surface area is 180 Å². The molecule has 3 rings (SSSR count). The molecule has 0 atom stereocenters. The third-order valence-electron chi connectivity index (χ3n) is 4.79. The van der Waals surface area contributed by atoms with Gasteiger partial charge in [0.25, 0.3) is 10.0 Å². The molecule has 10 heteroatoms. The molecule has 31 heavy (non-hydrogen) atoms. The number of nitrogens with zero attached hydrogens (tertiary/aromatic N) is 1. The SMILES string of the molecule is COc1ccc(-c2onc(C)c2C)cc1S(=O)(=O)Nc1cc(OC)c(OC)c(OC)c1. The van der Waals surface area contributed by atoms with Crippen molar-refractivity contribution in [2.75, 3.05) is 33.2 Å². The van der Waals surface area contributed by atoms with Gasteiger partial charge in [-0.1, -0.05) is 5.16 Å². The number of sulfonamides is 1. The summed E-state index contributed by atoms with van der Waals surface area (Å²) in [6, 6.07) is 7.76. The monoisotopic (exact) mass is 448 g/mol. The first kappa shape index (κ1) is 22.3. The van der Waals surface area contributed by atoms with Gasteiger partial charge in [0.1, 0.15) is 10.6 Å². The first-order valence-corrected chi connectivity index (χ1v) is 10.7. The second-order valence-corrected chi connectivity index (χ2v) is 8.26. The third kappa shape index (κ3) is 4.24. The van der Waals surface area contributed by atoms with E-state index >= 15 is 0 Å². The van der Waals surface area contributed by atoms with Gasteiger partial charge >= 0.3 is 0 Å². The van der Waals surface area contributed by atoms with Gasteiger partial charge in [-0.05, 0) is 32.0 Å². The Hall–Kier alpha value is -3.40. The molecule has 1 N–H and O–H groups in total. The van der Waals surface area contributed by atoms with E-state index in [9.17, 15) is 8.42 Å². The molecule has 0 saturated heterocycles. The van der Waals surface area contributed by atoms with Crippen molar-refractivity contribution < 1.29 is 31.9 Å². The Morgan fingerprint density at radius 3 is 1.97 bits per heavy atom. The van der Waals surface area contributed by atoms with E-state index in [0.717, 1.165) is 11.3 Å². The van der Waals surface area contributed by atoms with Crippen LogP contribution in [-0.2, 0) is 10.0 Å². The average Bonchev–Trinajstić information content (AvgIpc) is 3.10. The molecule has 0 unspecified atom stereocenters. The zero-order valence-corrected chi connectivity index (χ0v) is 18.9. The Kier molecular flexibility index (Phi) is 6.30. The van der Waals surface area contributed by atoms with Crippen molar-refractivity contribution in [1.82, 2.24) is 5.16 Å². The van der Waals surface area contributed by atoms with Crippen LogP contribution in [0.25, 0.3) is 11.3 Å². The molecular formula is C21H24N2O7S. The molecule has 0 aliphatic heterocycles. The molecule has 166 valence electrons. The summed E-state index contributed by atoms with van der Waals surface area (Å²) in [6.07, 6.45) is 0. The molecule has 0 saturated carbocycles. The summed E-state index contributed by atoms with van der Waals surface area (Å²) in [5, 5.41) is 3.94. The standard InChI is InChI=1S/C21H24N2O7S/c1-12-13(2)22-30-20(12)14-7-8-16(26-3)19(9-14)31(24,25)23-15-10-17(27-4)21(29-6)18(11-15)28-5/h7-11,23H,1-6H3. The van der Waals surface area contributed by atoms with Crippen molar-refractivity contribution in [3.8, 4) is 34.3 Å². The summed E-state index contributed by atoms with van der Waals surface area (Å²) < 4.78 is 55.6. The maximum absolute atomic E-state index is 13.3. The van der Waals surface area contributed by atoms with E-state index in [0.29, 0.717) is 28.6 Å². The molecule has 1 aromatic heterocycles. The van der Waals surface area contributed by atoms with Gasteiger partial charge in [0.2, 0.25) is 5.75 Å². The number of ether oxygens (including phenoxy) is 4. The van der Waals surface area contributed by atoms with E-state index in [1.165, 1.54) is 46.6 Å². The highest BCUT2D eigenvalue weighted by molar-refractivity contribution is 7.92. The minimum Gasteiger partial charge on any atom is -0.495 e. The van der Waals surface area contributed by atoms with E-state index in [-0.39, 0.29) is 16.3 Å². The highest BCUT2D eigenvalue weighted by Gasteiger charge is 2.24. The molecular weight excluding hydrogens is 424 g/mol. The van der Waals surface area contributed by atoms with Gasteiger partial charge in [-0.2, -0.15) is 0 Å². The van der Waals surface area contributed by atoms with Crippen LogP contribution in [0.3, 0.4) is 0 Å². The lowest BCUT2D eigenvalue weighted by atomic mass is 10.1. The zero-order valence-electron chi connectivity index (χ0n) is 18.1. The van der Waals surface area contributed by atoms with Gasteiger partial charge in [0.05, 0.1) is 39.8 Å². The van der Waals surface area contributed by atoms with E-state index in [1.807, 2.05) is 13.8 Å². The van der Waals surface area contributed by atoms with Gasteiger partial charge in [-0.3, -0.25) is 4.72 Å². The van der Waals surface area contributed by atoms with Crippen molar-refractivity contribution in [3.63, 3.8) is 0 Å². The fraction of sp³-hybridized carbons (Fsp3) is 0.286. The Bertz CT molecular complexity index is 1180. The molecule has 0 fully saturated rings. The van der Waals surface area contributed by atoms with Crippen LogP contribution in [0.1, 0.15) is 11.3 Å². The lowest BCUT2D eigenvalue weighted by molar-refractivity contribution is 0.324. The number of aryl methyl sites for hydroxylation is 1. The number of hydrogen-bond donors (Lipinski definition) is 1. The number of hydrogen-bond acceptors (Lipinski definition) is 8. The molecule has 0 spiro atoms. The zero-order chi connectivity index (χ0) is 22.8.